The van der Waals surface area contributed by atoms with Gasteiger partial charge in [0.1, 0.15) is 12.4 Å². The van der Waals surface area contributed by atoms with Crippen molar-refractivity contribution in [3.05, 3.63) is 30.5 Å². The standard InChI is InChI=1S/C18H25N5O2/c1-24-10-11-25-15-8-6-14(7-9-15)22-18-20-12-16(19)17(23-18)21-13-4-2-3-5-13/h6-9,12-13H,2-5,10-11,19H2,1H3,(H2,20,21,22,23). The number of nitrogens with zero attached hydrogens (tertiary/aromatic N) is 2. The van der Waals surface area contributed by atoms with Crippen molar-refractivity contribution in [1.82, 2.24) is 9.97 Å². The van der Waals surface area contributed by atoms with Crippen molar-refractivity contribution in [3.63, 3.8) is 0 Å². The highest BCUT2D eigenvalue weighted by Gasteiger charge is 2.16. The fourth-order valence-electron chi connectivity index (χ4n) is 2.84. The van der Waals surface area contributed by atoms with Crippen molar-refractivity contribution in [2.24, 2.45) is 0 Å². The lowest BCUT2D eigenvalue weighted by molar-refractivity contribution is 0.146. The first kappa shape index (κ1) is 17.3. The van der Waals surface area contributed by atoms with E-state index in [4.69, 9.17) is 15.2 Å². The van der Waals surface area contributed by atoms with Gasteiger partial charge in [-0.2, -0.15) is 4.98 Å². The van der Waals surface area contributed by atoms with Gasteiger partial charge < -0.3 is 25.8 Å². The summed E-state index contributed by atoms with van der Waals surface area (Å²) in [5.74, 6) is 2.01. The molecule has 1 aromatic carbocycles. The van der Waals surface area contributed by atoms with Crippen molar-refractivity contribution >= 4 is 23.1 Å². The van der Waals surface area contributed by atoms with Gasteiger partial charge in [-0.15, -0.1) is 0 Å². The van der Waals surface area contributed by atoms with Crippen LogP contribution in [0.5, 0.6) is 5.75 Å². The second-order valence-electron chi connectivity index (χ2n) is 6.11. The third kappa shape index (κ3) is 4.96. The number of benzene rings is 1. The SMILES string of the molecule is COCCOc1ccc(Nc2ncc(N)c(NC3CCCC3)n2)cc1. The Bertz CT molecular complexity index is 672. The maximum absolute atomic E-state index is 6.00. The minimum Gasteiger partial charge on any atom is -0.491 e. The van der Waals surface area contributed by atoms with Crippen molar-refractivity contribution in [2.75, 3.05) is 36.7 Å². The molecule has 1 aliphatic carbocycles. The van der Waals surface area contributed by atoms with Crippen molar-refractivity contribution in [2.45, 2.75) is 31.7 Å². The quantitative estimate of drug-likeness (QED) is 0.634. The van der Waals surface area contributed by atoms with E-state index in [1.54, 1.807) is 13.3 Å². The Hall–Kier alpha value is -2.54. The number of hydrogen-bond donors (Lipinski definition) is 3. The molecule has 2 aromatic rings. The summed E-state index contributed by atoms with van der Waals surface area (Å²) < 4.78 is 10.5. The lowest BCUT2D eigenvalue weighted by Gasteiger charge is -2.15. The largest absolute Gasteiger partial charge is 0.491 e. The molecule has 7 heteroatoms. The molecule has 1 heterocycles. The molecule has 1 saturated carbocycles. The van der Waals surface area contributed by atoms with E-state index in [9.17, 15) is 0 Å². The second kappa shape index (κ2) is 8.53. The zero-order valence-electron chi connectivity index (χ0n) is 14.5. The number of nitrogen functional groups attached to an aromatic ring is 1. The molecular formula is C18H25N5O2. The van der Waals surface area contributed by atoms with Gasteiger partial charge >= 0.3 is 0 Å². The molecule has 0 amide bonds. The molecule has 3 rings (SSSR count). The third-order valence-corrected chi connectivity index (χ3v) is 4.18. The van der Waals surface area contributed by atoms with Crippen molar-refractivity contribution < 1.29 is 9.47 Å². The summed E-state index contributed by atoms with van der Waals surface area (Å²) in [7, 11) is 1.65. The molecule has 0 unspecified atom stereocenters. The Kier molecular flexibility index (Phi) is 5.90. The van der Waals surface area contributed by atoms with E-state index in [1.165, 1.54) is 12.8 Å². The van der Waals surface area contributed by atoms with E-state index in [0.29, 0.717) is 36.7 Å². The minimum absolute atomic E-state index is 0.452. The van der Waals surface area contributed by atoms with Crippen molar-refractivity contribution in [1.29, 1.82) is 0 Å². The zero-order chi connectivity index (χ0) is 17.5. The third-order valence-electron chi connectivity index (χ3n) is 4.18. The predicted molar refractivity (Wildman–Crippen MR) is 99.4 cm³/mol. The first-order valence-electron chi connectivity index (χ1n) is 8.62. The summed E-state index contributed by atoms with van der Waals surface area (Å²) >= 11 is 0. The van der Waals surface area contributed by atoms with E-state index in [0.717, 1.165) is 24.3 Å². The van der Waals surface area contributed by atoms with E-state index in [1.807, 2.05) is 24.3 Å². The number of nitrogens with one attached hydrogen (secondary N) is 2. The van der Waals surface area contributed by atoms with Gasteiger partial charge in [-0.3, -0.25) is 0 Å². The highest BCUT2D eigenvalue weighted by Crippen LogP contribution is 2.25. The van der Waals surface area contributed by atoms with Crippen LogP contribution in [0.1, 0.15) is 25.7 Å². The van der Waals surface area contributed by atoms with E-state index in [2.05, 4.69) is 20.6 Å². The number of anilines is 4. The second-order valence-corrected chi connectivity index (χ2v) is 6.11. The van der Waals surface area contributed by atoms with Gasteiger partial charge in [-0.05, 0) is 37.1 Å². The Labute approximate surface area is 148 Å². The summed E-state index contributed by atoms with van der Waals surface area (Å²) in [6.07, 6.45) is 6.47. The topological polar surface area (TPSA) is 94.3 Å². The first-order valence-corrected chi connectivity index (χ1v) is 8.62. The van der Waals surface area contributed by atoms with Gasteiger partial charge in [0.2, 0.25) is 5.95 Å². The maximum Gasteiger partial charge on any atom is 0.229 e. The molecule has 1 aromatic heterocycles. The summed E-state index contributed by atoms with van der Waals surface area (Å²) in [5, 5.41) is 6.62. The van der Waals surface area contributed by atoms with Gasteiger partial charge in [0.25, 0.3) is 0 Å². The van der Waals surface area contributed by atoms with E-state index >= 15 is 0 Å². The number of methoxy groups -OCH3 is 1. The van der Waals surface area contributed by atoms with Crippen LogP contribution in [-0.2, 0) is 4.74 Å². The molecule has 0 saturated heterocycles. The van der Waals surface area contributed by atoms with Crippen LogP contribution in [0.25, 0.3) is 0 Å². The Morgan fingerprint density at radius 2 is 1.92 bits per heavy atom. The van der Waals surface area contributed by atoms with Crippen LogP contribution >= 0.6 is 0 Å². The average Bonchev–Trinajstić information content (AvgIpc) is 3.13. The minimum atomic E-state index is 0.452. The summed E-state index contributed by atoms with van der Waals surface area (Å²) in [4.78, 5) is 8.76. The van der Waals surface area contributed by atoms with Crippen LogP contribution in [0.2, 0.25) is 0 Å². The van der Waals surface area contributed by atoms with Crippen LogP contribution in [0.4, 0.5) is 23.1 Å². The zero-order valence-corrected chi connectivity index (χ0v) is 14.5. The fraction of sp³-hybridized carbons (Fsp3) is 0.444. The number of rotatable bonds is 8. The number of ether oxygens (including phenoxy) is 2. The molecule has 134 valence electrons. The summed E-state index contributed by atoms with van der Waals surface area (Å²) in [5.41, 5.74) is 7.45. The van der Waals surface area contributed by atoms with Gasteiger partial charge in [0.05, 0.1) is 18.5 Å². The molecule has 7 nitrogen and oxygen atoms in total. The fourth-order valence-corrected chi connectivity index (χ4v) is 2.84. The molecule has 4 N–H and O–H groups in total. The lowest BCUT2D eigenvalue weighted by Crippen LogP contribution is -2.17. The molecule has 25 heavy (non-hydrogen) atoms. The van der Waals surface area contributed by atoms with Crippen LogP contribution < -0.4 is 21.1 Å². The highest BCUT2D eigenvalue weighted by molar-refractivity contribution is 5.64. The normalized spacial score (nSPS) is 14.4. The maximum atomic E-state index is 6.00. The van der Waals surface area contributed by atoms with Gasteiger partial charge in [-0.1, -0.05) is 12.8 Å². The number of aromatic nitrogens is 2. The lowest BCUT2D eigenvalue weighted by atomic mass is 10.2. The smallest absolute Gasteiger partial charge is 0.229 e. The van der Waals surface area contributed by atoms with Crippen LogP contribution in [0.3, 0.4) is 0 Å². The molecule has 0 spiro atoms. The molecular weight excluding hydrogens is 318 g/mol. The van der Waals surface area contributed by atoms with Gasteiger partial charge in [-0.25, -0.2) is 4.98 Å². The monoisotopic (exact) mass is 343 g/mol. The van der Waals surface area contributed by atoms with Crippen LogP contribution in [0, 0.1) is 0 Å². The van der Waals surface area contributed by atoms with Gasteiger partial charge in [0.15, 0.2) is 5.82 Å². The van der Waals surface area contributed by atoms with Crippen LogP contribution in [-0.4, -0.2) is 36.3 Å². The number of hydrogen-bond acceptors (Lipinski definition) is 7. The number of nitrogens with two attached hydrogens (primary N) is 1. The van der Waals surface area contributed by atoms with E-state index < -0.39 is 0 Å². The predicted octanol–water partition coefficient (Wildman–Crippen LogP) is 3.18. The molecule has 0 radical (unpaired) electrons. The first-order chi connectivity index (χ1) is 12.2. The Morgan fingerprint density at radius 1 is 1.16 bits per heavy atom. The molecule has 1 aliphatic rings. The molecule has 1 fully saturated rings. The molecule has 0 aliphatic heterocycles. The highest BCUT2D eigenvalue weighted by atomic mass is 16.5. The average molecular weight is 343 g/mol. The van der Waals surface area contributed by atoms with Crippen LogP contribution in [0.15, 0.2) is 30.5 Å². The summed E-state index contributed by atoms with van der Waals surface area (Å²) in [6.45, 7) is 1.09. The van der Waals surface area contributed by atoms with E-state index in [-0.39, 0.29) is 0 Å². The summed E-state index contributed by atoms with van der Waals surface area (Å²) in [6, 6.07) is 8.09. The Balaban J connectivity index is 1.61. The molecule has 0 bridgehead atoms. The molecule has 0 atom stereocenters. The van der Waals surface area contributed by atoms with Crippen molar-refractivity contribution in [3.8, 4) is 5.75 Å². The van der Waals surface area contributed by atoms with Gasteiger partial charge in [0, 0.05) is 18.8 Å². The Morgan fingerprint density at radius 3 is 2.64 bits per heavy atom.